The van der Waals surface area contributed by atoms with Crippen LogP contribution >= 0.6 is 0 Å². The number of rotatable bonds is 5. The van der Waals surface area contributed by atoms with Crippen LogP contribution in [0, 0.1) is 6.92 Å². The molecule has 4 amide bonds. The van der Waals surface area contributed by atoms with Crippen LogP contribution in [-0.4, -0.2) is 21.7 Å². The van der Waals surface area contributed by atoms with Crippen molar-refractivity contribution in [3.8, 4) is 0 Å². The number of hydrogen-bond acceptors (Lipinski definition) is 5. The first-order valence-corrected chi connectivity index (χ1v) is 8.63. The Morgan fingerprint density at radius 3 is 2.00 bits per heavy atom. The lowest BCUT2D eigenvalue weighted by Gasteiger charge is -2.16. The van der Waals surface area contributed by atoms with Gasteiger partial charge < -0.3 is 10.6 Å². The molecule has 0 unspecified atom stereocenters. The van der Waals surface area contributed by atoms with E-state index in [-0.39, 0.29) is 5.95 Å². The van der Waals surface area contributed by atoms with E-state index < -0.39 is 17.6 Å². The van der Waals surface area contributed by atoms with Crippen LogP contribution < -0.4 is 32.5 Å². The van der Waals surface area contributed by atoms with E-state index in [4.69, 9.17) is 0 Å². The number of benzene rings is 2. The van der Waals surface area contributed by atoms with Crippen molar-refractivity contribution in [2.45, 2.75) is 6.92 Å². The van der Waals surface area contributed by atoms with Crippen LogP contribution in [0.2, 0.25) is 0 Å². The second-order valence-electron chi connectivity index (χ2n) is 5.90. The second-order valence-corrected chi connectivity index (χ2v) is 5.90. The first-order valence-electron chi connectivity index (χ1n) is 8.63. The van der Waals surface area contributed by atoms with Crippen LogP contribution in [0.1, 0.15) is 5.69 Å². The summed E-state index contributed by atoms with van der Waals surface area (Å²) in [5, 5.41) is 5.20. The molecule has 1 heterocycles. The third kappa shape index (κ3) is 5.57. The smallest absolute Gasteiger partial charge is 0.307 e. The number of nitrogens with one attached hydrogen (secondary N) is 5. The number of carbonyl (C=O) groups excluding carboxylic acids is 2. The van der Waals surface area contributed by atoms with Gasteiger partial charge in [-0.2, -0.15) is 4.68 Å². The Morgan fingerprint density at radius 2 is 1.41 bits per heavy atom. The summed E-state index contributed by atoms with van der Waals surface area (Å²) < 4.78 is 0.883. The Labute approximate surface area is 165 Å². The summed E-state index contributed by atoms with van der Waals surface area (Å²) in [4.78, 5) is 40.7. The molecule has 10 heteroatoms. The van der Waals surface area contributed by atoms with Crippen molar-refractivity contribution in [3.63, 3.8) is 0 Å². The van der Waals surface area contributed by atoms with Crippen molar-refractivity contribution in [2.75, 3.05) is 21.5 Å². The van der Waals surface area contributed by atoms with Gasteiger partial charge in [-0.15, -0.1) is 0 Å². The highest BCUT2D eigenvalue weighted by Gasteiger charge is 2.11. The lowest BCUT2D eigenvalue weighted by atomic mass is 10.3. The summed E-state index contributed by atoms with van der Waals surface area (Å²) in [5.41, 5.74) is 8.30. The van der Waals surface area contributed by atoms with Crippen molar-refractivity contribution in [1.29, 1.82) is 0 Å². The fourth-order valence-corrected chi connectivity index (χ4v) is 2.37. The molecule has 2 aromatic carbocycles. The van der Waals surface area contributed by atoms with Crippen molar-refractivity contribution in [2.24, 2.45) is 0 Å². The number of carbonyl (C=O) groups is 2. The summed E-state index contributed by atoms with van der Waals surface area (Å²) in [6.07, 6.45) is 0. The monoisotopic (exact) mass is 393 g/mol. The molecule has 0 saturated carbocycles. The number of hydrazine groups is 1. The number of aryl methyl sites for hydroxylation is 1. The Morgan fingerprint density at radius 1 is 0.862 bits per heavy atom. The molecule has 148 valence electrons. The van der Waals surface area contributed by atoms with Crippen LogP contribution in [0.3, 0.4) is 0 Å². The minimum atomic E-state index is -0.652. The normalized spacial score (nSPS) is 9.97. The lowest BCUT2D eigenvalue weighted by molar-refractivity contribution is 0.253. The fraction of sp³-hybridized carbons (Fsp3) is 0.0526. The molecular formula is C19H19N7O3. The van der Waals surface area contributed by atoms with E-state index in [0.717, 1.165) is 4.68 Å². The lowest BCUT2D eigenvalue weighted by Crippen LogP contribution is -2.41. The highest BCUT2D eigenvalue weighted by atomic mass is 16.2. The quantitative estimate of drug-likeness (QED) is 0.425. The molecule has 0 spiro atoms. The Kier molecular flexibility index (Phi) is 6.05. The largest absolute Gasteiger partial charge is 0.338 e. The van der Waals surface area contributed by atoms with Gasteiger partial charge in [-0.1, -0.05) is 36.4 Å². The van der Waals surface area contributed by atoms with Crippen LogP contribution in [0.5, 0.6) is 0 Å². The van der Waals surface area contributed by atoms with E-state index in [1.807, 2.05) is 12.1 Å². The molecule has 0 aliphatic heterocycles. The number of para-hydroxylation sites is 2. The van der Waals surface area contributed by atoms with Crippen molar-refractivity contribution in [3.05, 3.63) is 82.8 Å². The summed E-state index contributed by atoms with van der Waals surface area (Å²) in [6, 6.07) is 17.6. The van der Waals surface area contributed by atoms with E-state index in [1.165, 1.54) is 6.07 Å². The molecule has 0 bridgehead atoms. The Bertz CT molecular complexity index is 1050. The van der Waals surface area contributed by atoms with Gasteiger partial charge >= 0.3 is 12.1 Å². The summed E-state index contributed by atoms with van der Waals surface area (Å²) in [7, 11) is 0. The average molecular weight is 393 g/mol. The number of aromatic nitrogens is 2. The van der Waals surface area contributed by atoms with Gasteiger partial charge in [0.1, 0.15) is 0 Å². The number of nitrogens with zero attached hydrogens (tertiary/aromatic N) is 2. The van der Waals surface area contributed by atoms with Gasteiger partial charge in [0.2, 0.25) is 5.95 Å². The zero-order valence-electron chi connectivity index (χ0n) is 15.5. The average Bonchev–Trinajstić information content (AvgIpc) is 2.70. The molecule has 0 radical (unpaired) electrons. The van der Waals surface area contributed by atoms with Crippen LogP contribution in [0.15, 0.2) is 71.5 Å². The van der Waals surface area contributed by atoms with Gasteiger partial charge in [0.05, 0.1) is 0 Å². The van der Waals surface area contributed by atoms with Gasteiger partial charge in [0, 0.05) is 23.1 Å². The van der Waals surface area contributed by atoms with Crippen molar-refractivity contribution in [1.82, 2.24) is 15.1 Å². The first-order chi connectivity index (χ1) is 14.0. The third-order valence-corrected chi connectivity index (χ3v) is 3.61. The van der Waals surface area contributed by atoms with Crippen molar-refractivity contribution < 1.29 is 9.59 Å². The van der Waals surface area contributed by atoms with Gasteiger partial charge in [-0.25, -0.2) is 25.4 Å². The topological polar surface area (TPSA) is 129 Å². The van der Waals surface area contributed by atoms with Gasteiger partial charge in [-0.3, -0.25) is 10.2 Å². The maximum Gasteiger partial charge on any atom is 0.338 e. The molecule has 5 N–H and O–H groups in total. The summed E-state index contributed by atoms with van der Waals surface area (Å²) in [5.74, 6) is -0.0681. The van der Waals surface area contributed by atoms with Crippen molar-refractivity contribution >= 4 is 29.4 Å². The van der Waals surface area contributed by atoms with Gasteiger partial charge in [0.25, 0.3) is 5.56 Å². The molecule has 0 atom stereocenters. The molecule has 3 aromatic rings. The molecule has 0 fully saturated rings. The van der Waals surface area contributed by atoms with E-state index in [1.54, 1.807) is 55.5 Å². The molecule has 0 saturated heterocycles. The minimum Gasteiger partial charge on any atom is -0.307 e. The predicted molar refractivity (Wildman–Crippen MR) is 110 cm³/mol. The number of anilines is 3. The second kappa shape index (κ2) is 9.04. The number of amides is 4. The maximum absolute atomic E-state index is 12.3. The SMILES string of the molecule is Cc1cc(=O)n(NC(=O)Nc2ccccc2)c(NNC(=O)Nc2ccccc2)n1. The van der Waals surface area contributed by atoms with E-state index in [9.17, 15) is 14.4 Å². The summed E-state index contributed by atoms with van der Waals surface area (Å²) in [6.45, 7) is 1.62. The summed E-state index contributed by atoms with van der Waals surface area (Å²) >= 11 is 0. The van der Waals surface area contributed by atoms with E-state index >= 15 is 0 Å². The fourth-order valence-electron chi connectivity index (χ4n) is 2.37. The van der Waals surface area contributed by atoms with E-state index in [0.29, 0.717) is 17.1 Å². The number of urea groups is 2. The van der Waals surface area contributed by atoms with Gasteiger partial charge in [0.15, 0.2) is 0 Å². The van der Waals surface area contributed by atoms with Crippen LogP contribution in [0.25, 0.3) is 0 Å². The predicted octanol–water partition coefficient (Wildman–Crippen LogP) is 2.48. The standard InChI is InChI=1S/C19H19N7O3/c1-13-12-16(27)26(25-19(29)22-15-10-6-3-7-11-15)17(20-13)23-24-18(28)21-14-8-4-2-5-9-14/h2-12H,1H3,(H,20,23)(H2,21,24,28)(H2,22,25,29). The highest BCUT2D eigenvalue weighted by molar-refractivity contribution is 5.95. The van der Waals surface area contributed by atoms with Crippen LogP contribution in [-0.2, 0) is 0 Å². The van der Waals surface area contributed by atoms with Gasteiger partial charge in [-0.05, 0) is 31.2 Å². The van der Waals surface area contributed by atoms with Crippen LogP contribution in [0.4, 0.5) is 26.9 Å². The highest BCUT2D eigenvalue weighted by Crippen LogP contribution is 2.06. The molecule has 3 rings (SSSR count). The molecular weight excluding hydrogens is 374 g/mol. The minimum absolute atomic E-state index is 0.0681. The maximum atomic E-state index is 12.3. The Hall–Kier alpha value is -4.34. The number of hydrogen-bond donors (Lipinski definition) is 5. The molecule has 0 aliphatic rings. The zero-order chi connectivity index (χ0) is 20.6. The molecule has 10 nitrogen and oxygen atoms in total. The molecule has 1 aromatic heterocycles. The Balaban J connectivity index is 1.69. The molecule has 29 heavy (non-hydrogen) atoms. The van der Waals surface area contributed by atoms with E-state index in [2.05, 4.69) is 31.9 Å². The molecule has 0 aliphatic carbocycles. The third-order valence-electron chi connectivity index (χ3n) is 3.61. The zero-order valence-corrected chi connectivity index (χ0v) is 15.5. The first kappa shape index (κ1) is 19.4.